The molecule has 0 aromatic heterocycles. The first-order chi connectivity index (χ1) is 16.9. The summed E-state index contributed by atoms with van der Waals surface area (Å²) in [6.07, 6.45) is -0.0861. The Morgan fingerprint density at radius 1 is 1.09 bits per heavy atom. The molecule has 2 N–H and O–H groups in total. The quantitative estimate of drug-likeness (QED) is 0.554. The van der Waals surface area contributed by atoms with Crippen LogP contribution in [0, 0.1) is 0 Å². The third-order valence-electron chi connectivity index (χ3n) is 6.31. The number of anilines is 2. The fourth-order valence-corrected chi connectivity index (χ4v) is 4.65. The number of carbonyl (C=O) groups excluding carboxylic acids is 3. The van der Waals surface area contributed by atoms with Crippen molar-refractivity contribution in [3.8, 4) is 5.75 Å². The Labute approximate surface area is 213 Å². The second-order valence-electron chi connectivity index (χ2n) is 8.62. The first-order valence-electron chi connectivity index (χ1n) is 11.7. The third kappa shape index (κ3) is 6.52. The number of rotatable bonds is 7. The van der Waals surface area contributed by atoms with E-state index in [1.54, 1.807) is 24.1 Å². The summed E-state index contributed by atoms with van der Waals surface area (Å²) in [5, 5.41) is 5.58. The molecular formula is C25H30BrN5O4. The molecule has 9 nitrogen and oxygen atoms in total. The molecule has 2 heterocycles. The first-order valence-corrected chi connectivity index (χ1v) is 12.5. The zero-order chi connectivity index (χ0) is 24.8. The van der Waals surface area contributed by atoms with Crippen molar-refractivity contribution in [3.63, 3.8) is 0 Å². The van der Waals surface area contributed by atoms with E-state index in [1.807, 2.05) is 30.3 Å². The van der Waals surface area contributed by atoms with Gasteiger partial charge in [-0.05, 0) is 36.4 Å². The Balaban J connectivity index is 1.32. The molecule has 35 heavy (non-hydrogen) atoms. The van der Waals surface area contributed by atoms with Gasteiger partial charge in [0.2, 0.25) is 17.7 Å². The van der Waals surface area contributed by atoms with Gasteiger partial charge in [-0.2, -0.15) is 0 Å². The molecule has 2 aromatic carbocycles. The number of carbonyl (C=O) groups is 3. The lowest BCUT2D eigenvalue weighted by molar-refractivity contribution is -0.145. The molecule has 1 atom stereocenters. The summed E-state index contributed by atoms with van der Waals surface area (Å²) < 4.78 is 6.23. The zero-order valence-electron chi connectivity index (χ0n) is 19.7. The zero-order valence-corrected chi connectivity index (χ0v) is 21.3. The molecule has 2 saturated heterocycles. The summed E-state index contributed by atoms with van der Waals surface area (Å²) in [7, 11) is 1.65. The van der Waals surface area contributed by atoms with Gasteiger partial charge in [-0.1, -0.05) is 22.0 Å². The number of amides is 3. The minimum Gasteiger partial charge on any atom is -0.497 e. The van der Waals surface area contributed by atoms with E-state index in [0.717, 1.165) is 42.1 Å². The highest BCUT2D eigenvalue weighted by atomic mass is 79.9. The lowest BCUT2D eigenvalue weighted by Crippen LogP contribution is -2.60. The standard InChI is InChI=1S/C25H30BrN5O4/c1-35-21-4-2-3-20(15-21)30-13-11-29(12-14-30)17-24(33)31-10-9-27-25(34)22(31)16-23(32)28-19-7-5-18(26)6-8-19/h2-8,15,22H,9-14,16-17H2,1H3,(H,27,34)(H,28,32). The van der Waals surface area contributed by atoms with E-state index >= 15 is 0 Å². The number of nitrogens with zero attached hydrogens (tertiary/aromatic N) is 3. The van der Waals surface area contributed by atoms with Crippen LogP contribution in [0.2, 0.25) is 0 Å². The Bertz CT molecular complexity index is 1060. The average molecular weight is 544 g/mol. The van der Waals surface area contributed by atoms with Crippen molar-refractivity contribution >= 4 is 45.0 Å². The summed E-state index contributed by atoms with van der Waals surface area (Å²) in [6.45, 7) is 4.06. The van der Waals surface area contributed by atoms with Crippen molar-refractivity contribution in [2.45, 2.75) is 12.5 Å². The molecule has 2 fully saturated rings. The second kappa shape index (κ2) is 11.5. The maximum Gasteiger partial charge on any atom is 0.243 e. The van der Waals surface area contributed by atoms with Gasteiger partial charge in [-0.15, -0.1) is 0 Å². The maximum atomic E-state index is 13.2. The topological polar surface area (TPSA) is 94.2 Å². The Kier molecular flexibility index (Phi) is 8.25. The SMILES string of the molecule is COc1cccc(N2CCN(CC(=O)N3CCNC(=O)C3CC(=O)Nc3ccc(Br)cc3)CC2)c1. The van der Waals surface area contributed by atoms with Crippen LogP contribution in [-0.2, 0) is 14.4 Å². The molecule has 0 aliphatic carbocycles. The molecule has 0 radical (unpaired) electrons. The fraction of sp³-hybridized carbons (Fsp3) is 0.400. The summed E-state index contributed by atoms with van der Waals surface area (Å²) in [5.74, 6) is 0.0901. The van der Waals surface area contributed by atoms with Crippen LogP contribution in [0.4, 0.5) is 11.4 Å². The molecule has 10 heteroatoms. The van der Waals surface area contributed by atoms with Crippen LogP contribution in [0.3, 0.4) is 0 Å². The van der Waals surface area contributed by atoms with Gasteiger partial charge in [0.25, 0.3) is 0 Å². The molecule has 2 aliphatic heterocycles. The van der Waals surface area contributed by atoms with Gasteiger partial charge in [0.05, 0.1) is 20.1 Å². The number of methoxy groups -OCH3 is 1. The molecule has 2 aromatic rings. The molecule has 0 bridgehead atoms. The van der Waals surface area contributed by atoms with Crippen LogP contribution in [-0.4, -0.2) is 86.5 Å². The van der Waals surface area contributed by atoms with Gasteiger partial charge in [0.1, 0.15) is 11.8 Å². The van der Waals surface area contributed by atoms with Crippen molar-refractivity contribution in [1.29, 1.82) is 0 Å². The molecule has 3 amide bonds. The van der Waals surface area contributed by atoms with Crippen molar-refractivity contribution in [1.82, 2.24) is 15.1 Å². The molecule has 4 rings (SSSR count). The summed E-state index contributed by atoms with van der Waals surface area (Å²) in [6, 6.07) is 14.3. The van der Waals surface area contributed by atoms with Crippen LogP contribution in [0.25, 0.3) is 0 Å². The lowest BCUT2D eigenvalue weighted by Gasteiger charge is -2.39. The Hall–Kier alpha value is -3.11. The largest absolute Gasteiger partial charge is 0.497 e. The summed E-state index contributed by atoms with van der Waals surface area (Å²) >= 11 is 3.36. The Morgan fingerprint density at radius 2 is 1.83 bits per heavy atom. The first kappa shape index (κ1) is 25.0. The minimum atomic E-state index is -0.815. The van der Waals surface area contributed by atoms with E-state index in [2.05, 4.69) is 42.4 Å². The Morgan fingerprint density at radius 3 is 2.54 bits per heavy atom. The highest BCUT2D eigenvalue weighted by Crippen LogP contribution is 2.22. The van der Waals surface area contributed by atoms with Crippen LogP contribution in [0.5, 0.6) is 5.75 Å². The summed E-state index contributed by atoms with van der Waals surface area (Å²) in [5.41, 5.74) is 1.74. The van der Waals surface area contributed by atoms with E-state index in [9.17, 15) is 14.4 Å². The van der Waals surface area contributed by atoms with Crippen LogP contribution < -0.4 is 20.3 Å². The maximum absolute atomic E-state index is 13.2. The molecule has 0 saturated carbocycles. The smallest absolute Gasteiger partial charge is 0.243 e. The normalized spacial score (nSPS) is 18.7. The van der Waals surface area contributed by atoms with Crippen molar-refractivity contribution in [2.75, 3.05) is 63.1 Å². The molecule has 186 valence electrons. The third-order valence-corrected chi connectivity index (χ3v) is 6.84. The number of piperazine rings is 2. The molecule has 0 spiro atoms. The highest BCUT2D eigenvalue weighted by molar-refractivity contribution is 9.10. The predicted octanol–water partition coefficient (Wildman–Crippen LogP) is 1.94. The van der Waals surface area contributed by atoms with Crippen molar-refractivity contribution in [2.24, 2.45) is 0 Å². The molecule has 1 unspecified atom stereocenters. The molecular weight excluding hydrogens is 514 g/mol. The lowest BCUT2D eigenvalue weighted by atomic mass is 10.1. The van der Waals surface area contributed by atoms with E-state index in [-0.39, 0.29) is 30.7 Å². The molecule has 2 aliphatic rings. The minimum absolute atomic E-state index is 0.0861. The fourth-order valence-electron chi connectivity index (χ4n) is 4.39. The summed E-state index contributed by atoms with van der Waals surface area (Å²) in [4.78, 5) is 44.3. The van der Waals surface area contributed by atoms with Gasteiger partial charge in [0.15, 0.2) is 0 Å². The van der Waals surface area contributed by atoms with E-state index < -0.39 is 6.04 Å². The number of benzene rings is 2. The van der Waals surface area contributed by atoms with Gasteiger partial charge < -0.3 is 25.2 Å². The highest BCUT2D eigenvalue weighted by Gasteiger charge is 2.35. The van der Waals surface area contributed by atoms with Crippen LogP contribution in [0.15, 0.2) is 53.0 Å². The van der Waals surface area contributed by atoms with E-state index in [0.29, 0.717) is 18.8 Å². The van der Waals surface area contributed by atoms with Gasteiger partial charge in [-0.25, -0.2) is 0 Å². The van der Waals surface area contributed by atoms with E-state index in [4.69, 9.17) is 4.74 Å². The van der Waals surface area contributed by atoms with Gasteiger partial charge in [0, 0.05) is 61.2 Å². The number of halogens is 1. The monoisotopic (exact) mass is 543 g/mol. The van der Waals surface area contributed by atoms with Crippen molar-refractivity contribution < 1.29 is 19.1 Å². The predicted molar refractivity (Wildman–Crippen MR) is 138 cm³/mol. The average Bonchev–Trinajstić information content (AvgIpc) is 2.87. The van der Waals surface area contributed by atoms with Crippen LogP contribution in [0.1, 0.15) is 6.42 Å². The number of nitrogens with one attached hydrogen (secondary N) is 2. The van der Waals surface area contributed by atoms with Crippen LogP contribution >= 0.6 is 15.9 Å². The number of ether oxygens (including phenoxy) is 1. The van der Waals surface area contributed by atoms with Crippen molar-refractivity contribution in [3.05, 3.63) is 53.0 Å². The van der Waals surface area contributed by atoms with Gasteiger partial charge in [-0.3, -0.25) is 19.3 Å². The number of hydrogen-bond donors (Lipinski definition) is 2. The second-order valence-corrected chi connectivity index (χ2v) is 9.53. The van der Waals surface area contributed by atoms with E-state index in [1.165, 1.54) is 0 Å². The van der Waals surface area contributed by atoms with Gasteiger partial charge >= 0.3 is 0 Å². The number of hydrogen-bond acceptors (Lipinski definition) is 6.